The van der Waals surface area contributed by atoms with Gasteiger partial charge in [0.2, 0.25) is 5.91 Å². The van der Waals surface area contributed by atoms with Gasteiger partial charge in [0, 0.05) is 25.6 Å². The van der Waals surface area contributed by atoms with Crippen molar-refractivity contribution in [3.8, 4) is 0 Å². The summed E-state index contributed by atoms with van der Waals surface area (Å²) in [5, 5.41) is 2.89. The van der Waals surface area contributed by atoms with Crippen LogP contribution in [-0.4, -0.2) is 21.1 Å². The van der Waals surface area contributed by atoms with E-state index < -0.39 is 11.1 Å². The van der Waals surface area contributed by atoms with E-state index in [1.807, 2.05) is 12.1 Å². The van der Waals surface area contributed by atoms with Crippen LogP contribution in [0.25, 0.3) is 11.0 Å². The molecule has 1 aliphatic carbocycles. The molecule has 1 heterocycles. The first-order valence-corrected chi connectivity index (χ1v) is 7.74. The number of aromatic nitrogens is 2. The van der Waals surface area contributed by atoms with Crippen LogP contribution in [0.5, 0.6) is 0 Å². The molecule has 0 unspecified atom stereocenters. The van der Waals surface area contributed by atoms with Crippen molar-refractivity contribution in [2.75, 3.05) is 0 Å². The SMILES string of the molecule is C=CCn1c(=O)c(=O)n(CCC(=O)NC2CC2)c2ccccc21. The zero-order valence-corrected chi connectivity index (χ0v) is 12.8. The Morgan fingerprint density at radius 2 is 1.78 bits per heavy atom. The zero-order chi connectivity index (χ0) is 16.4. The molecule has 120 valence electrons. The Bertz CT molecular complexity index is 875. The minimum absolute atomic E-state index is 0.0845. The second kappa shape index (κ2) is 6.24. The molecule has 1 aromatic heterocycles. The van der Waals surface area contributed by atoms with Gasteiger partial charge in [0.05, 0.1) is 11.0 Å². The molecule has 1 amide bonds. The third-order valence-corrected chi connectivity index (χ3v) is 3.95. The Morgan fingerprint density at radius 3 is 2.39 bits per heavy atom. The number of nitrogens with zero attached hydrogens (tertiary/aromatic N) is 2. The predicted octanol–water partition coefficient (Wildman–Crippen LogP) is 1.02. The number of aryl methyl sites for hydroxylation is 1. The van der Waals surface area contributed by atoms with Crippen LogP contribution >= 0.6 is 0 Å². The van der Waals surface area contributed by atoms with Crippen molar-refractivity contribution in [2.45, 2.75) is 38.4 Å². The fourth-order valence-electron chi connectivity index (χ4n) is 2.64. The van der Waals surface area contributed by atoms with Crippen molar-refractivity contribution in [3.05, 3.63) is 57.6 Å². The molecule has 0 aliphatic heterocycles. The molecule has 6 nitrogen and oxygen atoms in total. The minimum atomic E-state index is -0.607. The Labute approximate surface area is 133 Å². The van der Waals surface area contributed by atoms with Crippen LogP contribution in [0.2, 0.25) is 0 Å². The number of amides is 1. The van der Waals surface area contributed by atoms with E-state index in [-0.39, 0.29) is 31.5 Å². The number of hydrogen-bond donors (Lipinski definition) is 1. The summed E-state index contributed by atoms with van der Waals surface area (Å²) >= 11 is 0. The largest absolute Gasteiger partial charge is 0.353 e. The van der Waals surface area contributed by atoms with E-state index in [2.05, 4.69) is 11.9 Å². The van der Waals surface area contributed by atoms with Crippen LogP contribution in [0, 0.1) is 0 Å². The minimum Gasteiger partial charge on any atom is -0.353 e. The molecule has 0 atom stereocenters. The van der Waals surface area contributed by atoms with E-state index in [4.69, 9.17) is 0 Å². The molecule has 2 aromatic rings. The van der Waals surface area contributed by atoms with Gasteiger partial charge in [-0.2, -0.15) is 0 Å². The number of carbonyl (C=O) groups excluding carboxylic acids is 1. The van der Waals surface area contributed by atoms with Crippen molar-refractivity contribution in [1.29, 1.82) is 0 Å². The predicted molar refractivity (Wildman–Crippen MR) is 88.4 cm³/mol. The highest BCUT2D eigenvalue weighted by Crippen LogP contribution is 2.18. The Morgan fingerprint density at radius 1 is 1.17 bits per heavy atom. The molecule has 1 fully saturated rings. The molecule has 0 bridgehead atoms. The van der Waals surface area contributed by atoms with Gasteiger partial charge in [-0.1, -0.05) is 18.2 Å². The van der Waals surface area contributed by atoms with E-state index >= 15 is 0 Å². The van der Waals surface area contributed by atoms with Crippen molar-refractivity contribution in [1.82, 2.24) is 14.5 Å². The van der Waals surface area contributed by atoms with E-state index in [0.29, 0.717) is 11.0 Å². The Balaban J connectivity index is 1.99. The van der Waals surface area contributed by atoms with Gasteiger partial charge in [-0.3, -0.25) is 19.0 Å². The van der Waals surface area contributed by atoms with Crippen LogP contribution in [0.4, 0.5) is 0 Å². The maximum absolute atomic E-state index is 12.4. The number of para-hydroxylation sites is 2. The third-order valence-electron chi connectivity index (χ3n) is 3.95. The summed E-state index contributed by atoms with van der Waals surface area (Å²) in [5.41, 5.74) is 0.119. The summed E-state index contributed by atoms with van der Waals surface area (Å²) < 4.78 is 2.80. The van der Waals surface area contributed by atoms with Gasteiger partial charge in [-0.25, -0.2) is 0 Å². The second-order valence-corrected chi connectivity index (χ2v) is 5.74. The number of nitrogens with one attached hydrogen (secondary N) is 1. The summed E-state index contributed by atoms with van der Waals surface area (Å²) in [4.78, 5) is 36.5. The van der Waals surface area contributed by atoms with Crippen molar-refractivity contribution < 1.29 is 4.79 Å². The molecule has 1 aromatic carbocycles. The lowest BCUT2D eigenvalue weighted by atomic mass is 10.2. The second-order valence-electron chi connectivity index (χ2n) is 5.74. The van der Waals surface area contributed by atoms with E-state index in [9.17, 15) is 14.4 Å². The van der Waals surface area contributed by atoms with Crippen molar-refractivity contribution in [2.24, 2.45) is 0 Å². The van der Waals surface area contributed by atoms with Crippen LogP contribution in [0.3, 0.4) is 0 Å². The van der Waals surface area contributed by atoms with Gasteiger partial charge in [-0.15, -0.1) is 6.58 Å². The van der Waals surface area contributed by atoms with Gasteiger partial charge in [-0.05, 0) is 25.0 Å². The van der Waals surface area contributed by atoms with E-state index in [1.54, 1.807) is 18.2 Å². The fourth-order valence-corrected chi connectivity index (χ4v) is 2.64. The first-order valence-electron chi connectivity index (χ1n) is 7.74. The summed E-state index contributed by atoms with van der Waals surface area (Å²) in [5.74, 6) is -0.0845. The van der Waals surface area contributed by atoms with Crippen molar-refractivity contribution in [3.63, 3.8) is 0 Å². The summed E-state index contributed by atoms with van der Waals surface area (Å²) in [6.45, 7) is 4.10. The zero-order valence-electron chi connectivity index (χ0n) is 12.8. The topological polar surface area (TPSA) is 73.1 Å². The van der Waals surface area contributed by atoms with E-state index in [0.717, 1.165) is 12.8 Å². The van der Waals surface area contributed by atoms with Crippen LogP contribution in [0.1, 0.15) is 19.3 Å². The molecule has 1 saturated carbocycles. The lowest BCUT2D eigenvalue weighted by Gasteiger charge is -2.14. The first kappa shape index (κ1) is 15.3. The number of rotatable bonds is 6. The highest BCUT2D eigenvalue weighted by molar-refractivity contribution is 5.78. The van der Waals surface area contributed by atoms with Gasteiger partial charge in [0.25, 0.3) is 0 Å². The quantitative estimate of drug-likeness (QED) is 0.639. The summed E-state index contributed by atoms with van der Waals surface area (Å²) in [6, 6.07) is 7.49. The molecular weight excluding hydrogens is 294 g/mol. The smallest absolute Gasteiger partial charge is 0.317 e. The Kier molecular flexibility index (Phi) is 4.14. The van der Waals surface area contributed by atoms with Crippen LogP contribution < -0.4 is 16.4 Å². The highest BCUT2D eigenvalue weighted by Gasteiger charge is 2.23. The van der Waals surface area contributed by atoms with Crippen LogP contribution in [-0.2, 0) is 17.9 Å². The fraction of sp³-hybridized carbons (Fsp3) is 0.353. The van der Waals surface area contributed by atoms with Gasteiger partial charge in [0.1, 0.15) is 0 Å². The van der Waals surface area contributed by atoms with Crippen molar-refractivity contribution >= 4 is 16.9 Å². The van der Waals surface area contributed by atoms with Gasteiger partial charge in [0.15, 0.2) is 0 Å². The number of allylic oxidation sites excluding steroid dienone is 1. The Hall–Kier alpha value is -2.63. The molecule has 3 rings (SSSR count). The molecule has 23 heavy (non-hydrogen) atoms. The summed E-state index contributed by atoms with van der Waals surface area (Å²) in [7, 11) is 0. The number of hydrogen-bond acceptors (Lipinski definition) is 3. The van der Waals surface area contributed by atoms with E-state index in [1.165, 1.54) is 9.13 Å². The molecule has 0 radical (unpaired) electrons. The maximum Gasteiger partial charge on any atom is 0.317 e. The summed E-state index contributed by atoms with van der Waals surface area (Å²) in [6.07, 6.45) is 3.81. The normalized spacial score (nSPS) is 13.9. The third kappa shape index (κ3) is 3.11. The van der Waals surface area contributed by atoms with Gasteiger partial charge >= 0.3 is 11.1 Å². The molecule has 0 spiro atoms. The molecule has 1 aliphatic rings. The maximum atomic E-state index is 12.4. The molecular formula is C17H19N3O3. The molecule has 6 heteroatoms. The lowest BCUT2D eigenvalue weighted by Crippen LogP contribution is -2.42. The number of benzene rings is 1. The molecule has 1 N–H and O–H groups in total. The highest BCUT2D eigenvalue weighted by atomic mass is 16.2. The number of carbonyl (C=O) groups is 1. The van der Waals surface area contributed by atoms with Gasteiger partial charge < -0.3 is 9.88 Å². The molecule has 0 saturated heterocycles. The van der Waals surface area contributed by atoms with Crippen LogP contribution in [0.15, 0.2) is 46.5 Å². The number of fused-ring (bicyclic) bond motifs is 1. The standard InChI is InChI=1S/C17H19N3O3/c1-2-10-19-13-5-3-4-6-14(13)20(17(23)16(19)22)11-9-15(21)18-12-7-8-12/h2-6,12H,1,7-11H2,(H,18,21). The lowest BCUT2D eigenvalue weighted by molar-refractivity contribution is -0.121. The average molecular weight is 313 g/mol. The monoisotopic (exact) mass is 313 g/mol. The average Bonchev–Trinajstić information content (AvgIpc) is 3.35. The first-order chi connectivity index (χ1) is 11.1.